The Morgan fingerprint density at radius 2 is 1.67 bits per heavy atom. The second-order valence-corrected chi connectivity index (χ2v) is 9.35. The van der Waals surface area contributed by atoms with E-state index in [1.165, 1.54) is 18.2 Å². The Bertz CT molecular complexity index is 1120. The van der Waals surface area contributed by atoms with Crippen molar-refractivity contribution in [3.8, 4) is 0 Å². The standard InChI is InChI=1S/C26H31N5O5/c27-24(32)23(18-7-2-1-3-8-18)28-25(33)21-11-4-5-12-22(21)29-13-15-30(16-14-29)26(34)19-9-6-10-20(17-19)31(35)36/h1-3,6-10,17,21-23H,4-5,11-16H2,(H2,27,32)(H,28,33)/t21-,22-,23+/m1/s1. The lowest BCUT2D eigenvalue weighted by Crippen LogP contribution is -2.56. The van der Waals surface area contributed by atoms with Gasteiger partial charge in [0, 0.05) is 49.9 Å². The maximum atomic E-state index is 13.3. The molecule has 2 aliphatic rings. The number of nitrogens with two attached hydrogens (primary N) is 1. The van der Waals surface area contributed by atoms with Crippen molar-refractivity contribution in [2.24, 2.45) is 11.7 Å². The van der Waals surface area contributed by atoms with Gasteiger partial charge in [-0.2, -0.15) is 0 Å². The first-order valence-electron chi connectivity index (χ1n) is 12.3. The van der Waals surface area contributed by atoms with Crippen molar-refractivity contribution in [3.05, 3.63) is 75.8 Å². The van der Waals surface area contributed by atoms with Crippen LogP contribution in [0.5, 0.6) is 0 Å². The zero-order chi connectivity index (χ0) is 25.7. The summed E-state index contributed by atoms with van der Waals surface area (Å²) in [6.45, 7) is 2.15. The molecule has 10 nitrogen and oxygen atoms in total. The Morgan fingerprint density at radius 3 is 2.33 bits per heavy atom. The number of nitrogens with zero attached hydrogens (tertiary/aromatic N) is 3. The van der Waals surface area contributed by atoms with E-state index in [9.17, 15) is 24.5 Å². The van der Waals surface area contributed by atoms with Crippen LogP contribution in [0.4, 0.5) is 5.69 Å². The molecule has 0 bridgehead atoms. The number of primary amides is 1. The van der Waals surface area contributed by atoms with E-state index in [1.807, 2.05) is 6.07 Å². The van der Waals surface area contributed by atoms with E-state index >= 15 is 0 Å². The highest BCUT2D eigenvalue weighted by Gasteiger charge is 2.38. The van der Waals surface area contributed by atoms with Crippen molar-refractivity contribution in [1.29, 1.82) is 0 Å². The van der Waals surface area contributed by atoms with Gasteiger partial charge < -0.3 is 16.0 Å². The van der Waals surface area contributed by atoms with Crippen LogP contribution in [0.1, 0.15) is 47.6 Å². The van der Waals surface area contributed by atoms with Crippen LogP contribution in [0.2, 0.25) is 0 Å². The van der Waals surface area contributed by atoms with Gasteiger partial charge in [0.2, 0.25) is 11.8 Å². The number of piperazine rings is 1. The molecule has 0 unspecified atom stereocenters. The number of amides is 3. The molecular weight excluding hydrogens is 462 g/mol. The predicted octanol–water partition coefficient (Wildman–Crippen LogP) is 2.25. The van der Waals surface area contributed by atoms with E-state index in [0.29, 0.717) is 37.3 Å². The minimum absolute atomic E-state index is 0.0121. The van der Waals surface area contributed by atoms with E-state index in [0.717, 1.165) is 25.7 Å². The summed E-state index contributed by atoms with van der Waals surface area (Å²) < 4.78 is 0. The molecule has 3 atom stereocenters. The fraction of sp³-hybridized carbons (Fsp3) is 0.423. The van der Waals surface area contributed by atoms with Crippen LogP contribution in [-0.4, -0.2) is 64.7 Å². The molecule has 36 heavy (non-hydrogen) atoms. The molecule has 10 heteroatoms. The number of carbonyl (C=O) groups excluding carboxylic acids is 3. The summed E-state index contributed by atoms with van der Waals surface area (Å²) in [4.78, 5) is 52.8. The van der Waals surface area contributed by atoms with Crippen LogP contribution in [0.25, 0.3) is 0 Å². The van der Waals surface area contributed by atoms with E-state index in [-0.39, 0.29) is 29.5 Å². The monoisotopic (exact) mass is 493 g/mol. The Hall–Kier alpha value is -3.79. The third-order valence-corrected chi connectivity index (χ3v) is 7.14. The van der Waals surface area contributed by atoms with Gasteiger partial charge in [-0.15, -0.1) is 0 Å². The molecule has 1 saturated heterocycles. The molecule has 1 aliphatic heterocycles. The topological polar surface area (TPSA) is 139 Å². The zero-order valence-corrected chi connectivity index (χ0v) is 20.0. The predicted molar refractivity (Wildman–Crippen MR) is 133 cm³/mol. The van der Waals surface area contributed by atoms with Crippen molar-refractivity contribution in [3.63, 3.8) is 0 Å². The molecular formula is C26H31N5O5. The number of nitro benzene ring substituents is 1. The van der Waals surface area contributed by atoms with Crippen LogP contribution in [0.3, 0.4) is 0 Å². The largest absolute Gasteiger partial charge is 0.368 e. The number of hydrogen-bond acceptors (Lipinski definition) is 6. The average Bonchev–Trinajstić information content (AvgIpc) is 2.91. The SMILES string of the molecule is NC(=O)[C@@H](NC(=O)[C@@H]1CCCC[C@H]1N1CCN(C(=O)c2cccc([N+](=O)[O-])c2)CC1)c1ccccc1. The average molecular weight is 494 g/mol. The smallest absolute Gasteiger partial charge is 0.270 e. The van der Waals surface area contributed by atoms with Gasteiger partial charge in [0.1, 0.15) is 6.04 Å². The maximum Gasteiger partial charge on any atom is 0.270 e. The van der Waals surface area contributed by atoms with Gasteiger partial charge in [-0.25, -0.2) is 0 Å². The fourth-order valence-corrected chi connectivity index (χ4v) is 5.26. The first kappa shape index (κ1) is 25.3. The maximum absolute atomic E-state index is 13.3. The van der Waals surface area contributed by atoms with E-state index in [1.54, 1.807) is 35.2 Å². The molecule has 2 aromatic rings. The Kier molecular flexibility index (Phi) is 7.94. The summed E-state index contributed by atoms with van der Waals surface area (Å²) in [5.41, 5.74) is 6.44. The second-order valence-electron chi connectivity index (χ2n) is 9.35. The van der Waals surface area contributed by atoms with E-state index in [2.05, 4.69) is 10.2 Å². The number of non-ortho nitro benzene ring substituents is 1. The molecule has 4 rings (SSSR count). The molecule has 0 aromatic heterocycles. The third-order valence-electron chi connectivity index (χ3n) is 7.14. The first-order valence-corrected chi connectivity index (χ1v) is 12.3. The lowest BCUT2D eigenvalue weighted by molar-refractivity contribution is -0.384. The summed E-state index contributed by atoms with van der Waals surface area (Å²) >= 11 is 0. The fourth-order valence-electron chi connectivity index (χ4n) is 5.26. The van der Waals surface area contributed by atoms with Gasteiger partial charge in [-0.1, -0.05) is 49.2 Å². The van der Waals surface area contributed by atoms with Crippen LogP contribution in [0.15, 0.2) is 54.6 Å². The van der Waals surface area contributed by atoms with Gasteiger partial charge in [-0.3, -0.25) is 29.4 Å². The quantitative estimate of drug-likeness (QED) is 0.448. The molecule has 0 spiro atoms. The minimum atomic E-state index is -0.884. The number of rotatable bonds is 7. The van der Waals surface area contributed by atoms with Crippen LogP contribution < -0.4 is 11.1 Å². The normalized spacial score (nSPS) is 21.4. The van der Waals surface area contributed by atoms with Crippen molar-refractivity contribution in [2.45, 2.75) is 37.8 Å². The van der Waals surface area contributed by atoms with Crippen LogP contribution >= 0.6 is 0 Å². The number of nitro groups is 1. The number of hydrogen-bond donors (Lipinski definition) is 2. The van der Waals surface area contributed by atoms with Gasteiger partial charge in [0.25, 0.3) is 11.6 Å². The van der Waals surface area contributed by atoms with Gasteiger partial charge in [-0.05, 0) is 24.5 Å². The van der Waals surface area contributed by atoms with Crippen molar-refractivity contribution in [1.82, 2.24) is 15.1 Å². The Balaban J connectivity index is 1.40. The molecule has 190 valence electrons. The number of nitrogens with one attached hydrogen (secondary N) is 1. The summed E-state index contributed by atoms with van der Waals surface area (Å²) in [6, 6.07) is 13.9. The molecule has 2 fully saturated rings. The Morgan fingerprint density at radius 1 is 0.972 bits per heavy atom. The molecule has 3 N–H and O–H groups in total. The summed E-state index contributed by atoms with van der Waals surface area (Å²) in [5.74, 6) is -1.29. The minimum Gasteiger partial charge on any atom is -0.368 e. The second kappa shape index (κ2) is 11.3. The highest BCUT2D eigenvalue weighted by atomic mass is 16.6. The van der Waals surface area contributed by atoms with Crippen molar-refractivity contribution in [2.75, 3.05) is 26.2 Å². The van der Waals surface area contributed by atoms with Crippen molar-refractivity contribution < 1.29 is 19.3 Å². The van der Waals surface area contributed by atoms with Gasteiger partial charge >= 0.3 is 0 Å². The summed E-state index contributed by atoms with van der Waals surface area (Å²) in [6.07, 6.45) is 3.54. The third kappa shape index (κ3) is 5.71. The lowest BCUT2D eigenvalue weighted by Gasteiger charge is -2.43. The molecule has 3 amide bonds. The number of carbonyl (C=O) groups is 3. The first-order chi connectivity index (χ1) is 17.3. The molecule has 1 saturated carbocycles. The van der Waals surface area contributed by atoms with Gasteiger partial charge in [0.05, 0.1) is 10.8 Å². The van der Waals surface area contributed by atoms with Crippen LogP contribution in [0, 0.1) is 16.0 Å². The lowest BCUT2D eigenvalue weighted by atomic mass is 9.82. The van der Waals surface area contributed by atoms with Crippen LogP contribution in [-0.2, 0) is 9.59 Å². The summed E-state index contributed by atoms with van der Waals surface area (Å²) in [5, 5.41) is 13.9. The summed E-state index contributed by atoms with van der Waals surface area (Å²) in [7, 11) is 0. The molecule has 1 aliphatic carbocycles. The number of benzene rings is 2. The highest BCUT2D eigenvalue weighted by Crippen LogP contribution is 2.30. The van der Waals surface area contributed by atoms with E-state index < -0.39 is 16.9 Å². The molecule has 1 heterocycles. The van der Waals surface area contributed by atoms with Crippen molar-refractivity contribution >= 4 is 23.4 Å². The zero-order valence-electron chi connectivity index (χ0n) is 20.0. The Labute approximate surface area is 209 Å². The van der Waals surface area contributed by atoms with E-state index in [4.69, 9.17) is 5.73 Å². The molecule has 0 radical (unpaired) electrons. The van der Waals surface area contributed by atoms with Gasteiger partial charge in [0.15, 0.2) is 0 Å². The highest BCUT2D eigenvalue weighted by molar-refractivity contribution is 5.95. The molecule has 2 aromatic carbocycles.